The van der Waals surface area contributed by atoms with Crippen LogP contribution in [0.2, 0.25) is 0 Å². The molecule has 0 atom stereocenters. The normalized spacial score (nSPS) is 15.5. The van der Waals surface area contributed by atoms with Crippen LogP contribution in [0.5, 0.6) is 0 Å². The largest absolute Gasteiger partial charge is 0.388 e. The molecule has 7 heteroatoms. The highest BCUT2D eigenvalue weighted by molar-refractivity contribution is 7.99. The van der Waals surface area contributed by atoms with E-state index >= 15 is 0 Å². The van der Waals surface area contributed by atoms with Crippen LogP contribution in [0.1, 0.15) is 53.8 Å². The second-order valence-corrected chi connectivity index (χ2v) is 10.1. The predicted molar refractivity (Wildman–Crippen MR) is 140 cm³/mol. The van der Waals surface area contributed by atoms with Gasteiger partial charge >= 0.3 is 0 Å². The number of nitrogens with one attached hydrogen (secondary N) is 2. The molecule has 35 heavy (non-hydrogen) atoms. The van der Waals surface area contributed by atoms with Gasteiger partial charge in [0.05, 0.1) is 28.1 Å². The predicted octanol–water partition coefficient (Wildman–Crippen LogP) is 5.70. The summed E-state index contributed by atoms with van der Waals surface area (Å²) in [5.41, 5.74) is 2.48. The number of H-pyrrole nitrogens is 1. The summed E-state index contributed by atoms with van der Waals surface area (Å²) in [7, 11) is 0. The molecule has 0 unspecified atom stereocenters. The van der Waals surface area contributed by atoms with Gasteiger partial charge in [0, 0.05) is 27.9 Å². The summed E-state index contributed by atoms with van der Waals surface area (Å²) in [6.07, 6.45) is 10.3. The number of nitrogens with zero attached hydrogens (tertiary/aromatic N) is 2. The van der Waals surface area contributed by atoms with E-state index in [-0.39, 0.29) is 5.91 Å². The van der Waals surface area contributed by atoms with Crippen molar-refractivity contribution in [1.82, 2.24) is 20.5 Å². The lowest BCUT2D eigenvalue weighted by atomic mass is 9.85. The summed E-state index contributed by atoms with van der Waals surface area (Å²) in [4.78, 5) is 19.2. The number of fused-ring (bicyclic) bond motifs is 1. The fourth-order valence-corrected chi connectivity index (χ4v) is 5.43. The van der Waals surface area contributed by atoms with Crippen LogP contribution in [-0.4, -0.2) is 38.3 Å². The van der Waals surface area contributed by atoms with Crippen molar-refractivity contribution in [2.75, 3.05) is 6.54 Å². The Morgan fingerprint density at radius 1 is 1.06 bits per heavy atom. The highest BCUT2D eigenvalue weighted by Gasteiger charge is 2.29. The Labute approximate surface area is 208 Å². The monoisotopic (exact) mass is 484 g/mol. The van der Waals surface area contributed by atoms with Gasteiger partial charge in [-0.25, -0.2) is 0 Å². The van der Waals surface area contributed by atoms with Gasteiger partial charge < -0.3 is 10.4 Å². The Morgan fingerprint density at radius 2 is 1.89 bits per heavy atom. The molecule has 1 fully saturated rings. The molecule has 4 aromatic rings. The standard InChI is InChI=1S/C28H28N4O2S/c33-27(30-19-28(34)15-5-1-6-16-28)23-9-2-3-10-26(23)35-21-12-13-22-24(31-32-25(22)18-21)14-11-20-8-4-7-17-29-20/h2-4,7-14,17-18,34H,1,5-6,15-16,19H2,(H,30,33)(H,31,32)/b14-11+. The fraction of sp³-hybridized carbons (Fsp3) is 0.250. The van der Waals surface area contributed by atoms with E-state index in [9.17, 15) is 9.90 Å². The van der Waals surface area contributed by atoms with Gasteiger partial charge in [-0.05, 0) is 67.5 Å². The van der Waals surface area contributed by atoms with Crippen LogP contribution in [0.25, 0.3) is 23.1 Å². The number of aromatic nitrogens is 3. The minimum Gasteiger partial charge on any atom is -0.388 e. The summed E-state index contributed by atoms with van der Waals surface area (Å²) in [6, 6.07) is 19.5. The number of carbonyl (C=O) groups is 1. The number of carbonyl (C=O) groups excluding carboxylic acids is 1. The van der Waals surface area contributed by atoms with Crippen LogP contribution in [0.15, 0.2) is 76.7 Å². The van der Waals surface area contributed by atoms with E-state index in [1.165, 1.54) is 11.8 Å². The molecule has 0 bridgehead atoms. The molecule has 0 aliphatic heterocycles. The molecule has 3 N–H and O–H groups in total. The first kappa shape index (κ1) is 23.3. The van der Waals surface area contributed by atoms with Gasteiger partial charge in [0.25, 0.3) is 5.91 Å². The molecule has 0 spiro atoms. The molecule has 2 heterocycles. The maximum Gasteiger partial charge on any atom is 0.252 e. The van der Waals surface area contributed by atoms with Crippen molar-refractivity contribution in [3.05, 3.63) is 83.8 Å². The molecule has 1 aliphatic rings. The third-order valence-corrected chi connectivity index (χ3v) is 7.45. The number of aromatic amines is 1. The van der Waals surface area contributed by atoms with Crippen molar-refractivity contribution < 1.29 is 9.90 Å². The van der Waals surface area contributed by atoms with Crippen LogP contribution in [0, 0.1) is 0 Å². The fourth-order valence-electron chi connectivity index (χ4n) is 4.45. The quantitative estimate of drug-likeness (QED) is 0.313. The molecule has 0 saturated heterocycles. The van der Waals surface area contributed by atoms with Crippen LogP contribution in [-0.2, 0) is 0 Å². The first-order valence-electron chi connectivity index (χ1n) is 11.9. The van der Waals surface area contributed by atoms with Gasteiger partial charge in [-0.3, -0.25) is 14.9 Å². The molecule has 2 aromatic carbocycles. The lowest BCUT2D eigenvalue weighted by molar-refractivity contribution is 0.00523. The van der Waals surface area contributed by atoms with Crippen molar-refractivity contribution in [2.45, 2.75) is 47.5 Å². The lowest BCUT2D eigenvalue weighted by Crippen LogP contribution is -2.44. The maximum atomic E-state index is 13.0. The zero-order chi connectivity index (χ0) is 24.1. The van der Waals surface area contributed by atoms with Crippen molar-refractivity contribution in [3.8, 4) is 0 Å². The second-order valence-electron chi connectivity index (χ2n) is 8.97. The SMILES string of the molecule is O=C(NCC1(O)CCCCC1)c1ccccc1Sc1ccc2c(/C=C/c3ccccn3)n[nH]c2c1. The summed E-state index contributed by atoms with van der Waals surface area (Å²) >= 11 is 1.54. The average molecular weight is 485 g/mol. The Balaban J connectivity index is 1.30. The van der Waals surface area contributed by atoms with Crippen molar-refractivity contribution >= 4 is 40.7 Å². The minimum absolute atomic E-state index is 0.156. The van der Waals surface area contributed by atoms with E-state index < -0.39 is 5.60 Å². The van der Waals surface area contributed by atoms with Crippen molar-refractivity contribution in [3.63, 3.8) is 0 Å². The van der Waals surface area contributed by atoms with Gasteiger partial charge in [-0.2, -0.15) is 5.10 Å². The van der Waals surface area contributed by atoms with E-state index in [1.54, 1.807) is 6.20 Å². The highest BCUT2D eigenvalue weighted by Crippen LogP contribution is 2.33. The van der Waals surface area contributed by atoms with Crippen LogP contribution < -0.4 is 5.32 Å². The first-order valence-corrected chi connectivity index (χ1v) is 12.8. The van der Waals surface area contributed by atoms with E-state index in [0.29, 0.717) is 12.1 Å². The van der Waals surface area contributed by atoms with Crippen molar-refractivity contribution in [2.24, 2.45) is 0 Å². The molecule has 1 saturated carbocycles. The molecule has 6 nitrogen and oxygen atoms in total. The van der Waals surface area contributed by atoms with E-state index in [4.69, 9.17) is 0 Å². The zero-order valence-corrected chi connectivity index (χ0v) is 20.2. The third kappa shape index (κ3) is 5.63. The number of hydrogen-bond acceptors (Lipinski definition) is 5. The summed E-state index contributed by atoms with van der Waals surface area (Å²) < 4.78 is 0. The third-order valence-electron chi connectivity index (χ3n) is 6.39. The molecule has 0 radical (unpaired) electrons. The zero-order valence-electron chi connectivity index (χ0n) is 19.4. The molecule has 2 aromatic heterocycles. The summed E-state index contributed by atoms with van der Waals surface area (Å²) in [5, 5.41) is 22.3. The number of aliphatic hydroxyl groups is 1. The van der Waals surface area contributed by atoms with E-state index in [1.807, 2.05) is 72.8 Å². The number of pyridine rings is 1. The summed E-state index contributed by atoms with van der Waals surface area (Å²) in [6.45, 7) is 0.291. The van der Waals surface area contributed by atoms with Crippen molar-refractivity contribution in [1.29, 1.82) is 0 Å². The Kier molecular flexibility index (Phi) is 6.97. The molecule has 178 valence electrons. The average Bonchev–Trinajstić information content (AvgIpc) is 3.30. The smallest absolute Gasteiger partial charge is 0.252 e. The number of amides is 1. The van der Waals surface area contributed by atoms with Crippen LogP contribution in [0.4, 0.5) is 0 Å². The Bertz CT molecular complexity index is 1340. The summed E-state index contributed by atoms with van der Waals surface area (Å²) in [5.74, 6) is -0.156. The highest BCUT2D eigenvalue weighted by atomic mass is 32.2. The number of rotatable bonds is 7. The maximum absolute atomic E-state index is 13.0. The first-order chi connectivity index (χ1) is 17.1. The molecule has 1 amide bonds. The number of hydrogen-bond donors (Lipinski definition) is 3. The Morgan fingerprint density at radius 3 is 2.71 bits per heavy atom. The van der Waals surface area contributed by atoms with E-state index in [0.717, 1.165) is 64.2 Å². The van der Waals surface area contributed by atoms with Crippen LogP contribution in [0.3, 0.4) is 0 Å². The van der Waals surface area contributed by atoms with Gasteiger partial charge in [0.2, 0.25) is 0 Å². The Hall–Kier alpha value is -3.42. The molecule has 1 aliphatic carbocycles. The van der Waals surface area contributed by atoms with Crippen LogP contribution >= 0.6 is 11.8 Å². The second kappa shape index (κ2) is 10.5. The van der Waals surface area contributed by atoms with Gasteiger partial charge in [-0.15, -0.1) is 0 Å². The topological polar surface area (TPSA) is 90.9 Å². The minimum atomic E-state index is -0.787. The van der Waals surface area contributed by atoms with Gasteiger partial charge in [-0.1, -0.05) is 49.2 Å². The molecular formula is C28H28N4O2S. The van der Waals surface area contributed by atoms with Gasteiger partial charge in [0.1, 0.15) is 0 Å². The lowest BCUT2D eigenvalue weighted by Gasteiger charge is -2.32. The van der Waals surface area contributed by atoms with Gasteiger partial charge in [0.15, 0.2) is 0 Å². The molecular weight excluding hydrogens is 456 g/mol. The van der Waals surface area contributed by atoms with E-state index in [2.05, 4.69) is 20.5 Å². The molecule has 5 rings (SSSR count). The number of benzene rings is 2.